The van der Waals surface area contributed by atoms with E-state index in [1.165, 1.54) is 0 Å². The number of hydrogen-bond acceptors (Lipinski definition) is 5. The number of hydrogen-bond donors (Lipinski definition) is 2. The zero-order chi connectivity index (χ0) is 13.7. The van der Waals surface area contributed by atoms with Gasteiger partial charge < -0.3 is 14.8 Å². The maximum Gasteiger partial charge on any atom is 0.313 e. The summed E-state index contributed by atoms with van der Waals surface area (Å²) in [4.78, 5) is 10.6. The molecule has 1 aromatic heterocycles. The van der Waals surface area contributed by atoms with E-state index in [2.05, 4.69) is 31.0 Å². The average Bonchev–Trinajstić information content (AvgIpc) is 2.68. The van der Waals surface area contributed by atoms with E-state index in [0.717, 1.165) is 11.8 Å². The van der Waals surface area contributed by atoms with Crippen LogP contribution in [0.3, 0.4) is 0 Å². The molecular formula is C11H19N3O3S. The molecule has 102 valence electrons. The number of thioether (sulfide) groups is 1. The van der Waals surface area contributed by atoms with Crippen LogP contribution >= 0.6 is 11.8 Å². The third-order valence-corrected chi connectivity index (χ3v) is 3.82. The van der Waals surface area contributed by atoms with Gasteiger partial charge in [0, 0.05) is 6.54 Å². The summed E-state index contributed by atoms with van der Waals surface area (Å²) in [5.41, 5.74) is 0. The van der Waals surface area contributed by atoms with E-state index in [1.807, 2.05) is 0 Å². The minimum absolute atomic E-state index is 0.0559. The molecule has 7 heteroatoms. The molecule has 0 spiro atoms. The van der Waals surface area contributed by atoms with Crippen molar-refractivity contribution < 1.29 is 15.0 Å². The second-order valence-corrected chi connectivity index (χ2v) is 5.51. The van der Waals surface area contributed by atoms with Crippen molar-refractivity contribution >= 4 is 17.7 Å². The maximum atomic E-state index is 10.6. The molecule has 2 N–H and O–H groups in total. The molecule has 0 aliphatic carbocycles. The van der Waals surface area contributed by atoms with Gasteiger partial charge in [-0.05, 0) is 11.8 Å². The Morgan fingerprint density at radius 3 is 2.56 bits per heavy atom. The molecule has 0 aromatic carbocycles. The molecular weight excluding hydrogens is 254 g/mol. The standard InChI is InChI=1S/C11H19N3O3S/c1-7(2)8(3)4-14-9(5-15)12-13-11(14)18-6-10(16)17/h7-8,15H,4-6H2,1-3H3,(H,16,17). The molecule has 0 amide bonds. The number of nitrogens with zero attached hydrogens (tertiary/aromatic N) is 3. The molecule has 0 saturated carbocycles. The van der Waals surface area contributed by atoms with Crippen molar-refractivity contribution in [2.75, 3.05) is 5.75 Å². The highest BCUT2D eigenvalue weighted by Gasteiger charge is 2.17. The Kier molecular flexibility index (Phi) is 5.61. The Labute approximate surface area is 110 Å². The lowest BCUT2D eigenvalue weighted by atomic mass is 9.98. The first-order valence-corrected chi connectivity index (χ1v) is 6.81. The van der Waals surface area contributed by atoms with Crippen LogP contribution in [0.15, 0.2) is 5.16 Å². The van der Waals surface area contributed by atoms with Crippen LogP contribution in [0.2, 0.25) is 0 Å². The molecule has 1 rings (SSSR count). The van der Waals surface area contributed by atoms with Crippen LogP contribution < -0.4 is 0 Å². The molecule has 1 atom stereocenters. The Morgan fingerprint density at radius 2 is 2.06 bits per heavy atom. The summed E-state index contributed by atoms with van der Waals surface area (Å²) in [5.74, 6) is 0.429. The number of aliphatic hydroxyl groups is 1. The van der Waals surface area contributed by atoms with Crippen LogP contribution in [0.4, 0.5) is 0 Å². The minimum atomic E-state index is -0.892. The molecule has 6 nitrogen and oxygen atoms in total. The van der Waals surface area contributed by atoms with Gasteiger partial charge in [-0.25, -0.2) is 0 Å². The molecule has 1 heterocycles. The van der Waals surface area contributed by atoms with E-state index in [1.54, 1.807) is 4.57 Å². The lowest BCUT2D eigenvalue weighted by Crippen LogP contribution is -2.16. The number of carbonyl (C=O) groups is 1. The summed E-state index contributed by atoms with van der Waals surface area (Å²) in [5, 5.41) is 26.2. The molecule has 1 unspecified atom stereocenters. The van der Waals surface area contributed by atoms with E-state index in [-0.39, 0.29) is 12.4 Å². The highest BCUT2D eigenvalue weighted by atomic mass is 32.2. The Hall–Kier alpha value is -1.08. The lowest BCUT2D eigenvalue weighted by Gasteiger charge is -2.18. The van der Waals surface area contributed by atoms with Gasteiger partial charge in [-0.3, -0.25) is 4.79 Å². The van der Waals surface area contributed by atoms with Gasteiger partial charge in [0.2, 0.25) is 0 Å². The van der Waals surface area contributed by atoms with Gasteiger partial charge in [0.1, 0.15) is 6.61 Å². The quantitative estimate of drug-likeness (QED) is 0.727. The third kappa shape index (κ3) is 3.99. The first-order valence-electron chi connectivity index (χ1n) is 5.83. The van der Waals surface area contributed by atoms with Crippen molar-refractivity contribution in [1.29, 1.82) is 0 Å². The Morgan fingerprint density at radius 1 is 1.39 bits per heavy atom. The number of aliphatic carboxylic acids is 1. The zero-order valence-electron chi connectivity index (χ0n) is 10.8. The Balaban J connectivity index is 2.84. The van der Waals surface area contributed by atoms with Crippen molar-refractivity contribution in [3.8, 4) is 0 Å². The molecule has 0 saturated heterocycles. The van der Waals surface area contributed by atoms with Crippen LogP contribution in [-0.4, -0.2) is 36.7 Å². The normalized spacial score (nSPS) is 12.9. The molecule has 0 aliphatic heterocycles. The summed E-state index contributed by atoms with van der Waals surface area (Å²) in [6.45, 7) is 6.85. The number of carboxylic acids is 1. The maximum absolute atomic E-state index is 10.6. The van der Waals surface area contributed by atoms with Crippen molar-refractivity contribution in [1.82, 2.24) is 14.8 Å². The fourth-order valence-electron chi connectivity index (χ4n) is 1.35. The second-order valence-electron chi connectivity index (χ2n) is 4.57. The van der Waals surface area contributed by atoms with Crippen molar-refractivity contribution in [2.45, 2.75) is 39.1 Å². The Bertz CT molecular complexity index is 406. The SMILES string of the molecule is CC(C)C(C)Cn1c(CO)nnc1SCC(=O)O. The van der Waals surface area contributed by atoms with Gasteiger partial charge in [0.05, 0.1) is 5.75 Å². The smallest absolute Gasteiger partial charge is 0.313 e. The largest absolute Gasteiger partial charge is 0.481 e. The molecule has 0 aliphatic rings. The van der Waals surface area contributed by atoms with E-state index in [9.17, 15) is 9.90 Å². The first-order chi connectivity index (χ1) is 8.45. The highest BCUT2D eigenvalue weighted by molar-refractivity contribution is 7.99. The average molecular weight is 273 g/mol. The third-order valence-electron chi connectivity index (χ3n) is 2.87. The summed E-state index contributed by atoms with van der Waals surface area (Å²) < 4.78 is 1.80. The van der Waals surface area contributed by atoms with Crippen LogP contribution in [0.1, 0.15) is 26.6 Å². The predicted octanol–water partition coefficient (Wildman–Crippen LogP) is 1.24. The van der Waals surface area contributed by atoms with Crippen molar-refractivity contribution in [3.05, 3.63) is 5.82 Å². The molecule has 0 radical (unpaired) electrons. The fourth-order valence-corrected chi connectivity index (χ4v) is 2.04. The number of aromatic nitrogens is 3. The minimum Gasteiger partial charge on any atom is -0.481 e. The second kappa shape index (κ2) is 6.75. The van der Waals surface area contributed by atoms with Crippen molar-refractivity contribution in [2.24, 2.45) is 11.8 Å². The van der Waals surface area contributed by atoms with Gasteiger partial charge in [0.25, 0.3) is 0 Å². The van der Waals surface area contributed by atoms with Crippen LogP contribution in [-0.2, 0) is 17.9 Å². The summed E-state index contributed by atoms with van der Waals surface area (Å²) >= 11 is 1.12. The zero-order valence-corrected chi connectivity index (χ0v) is 11.6. The van der Waals surface area contributed by atoms with E-state index in [0.29, 0.717) is 29.4 Å². The summed E-state index contributed by atoms with van der Waals surface area (Å²) in [7, 11) is 0. The topological polar surface area (TPSA) is 88.2 Å². The fraction of sp³-hybridized carbons (Fsp3) is 0.727. The molecule has 0 bridgehead atoms. The van der Waals surface area contributed by atoms with E-state index < -0.39 is 5.97 Å². The monoisotopic (exact) mass is 273 g/mol. The van der Waals surface area contributed by atoms with Crippen LogP contribution in [0.5, 0.6) is 0 Å². The number of aliphatic hydroxyl groups excluding tert-OH is 1. The summed E-state index contributed by atoms with van der Waals surface area (Å²) in [6.07, 6.45) is 0. The number of carboxylic acid groups (broad SMARTS) is 1. The molecule has 0 fully saturated rings. The van der Waals surface area contributed by atoms with Gasteiger partial charge >= 0.3 is 5.97 Å². The van der Waals surface area contributed by atoms with Gasteiger partial charge in [0.15, 0.2) is 11.0 Å². The van der Waals surface area contributed by atoms with Crippen LogP contribution in [0.25, 0.3) is 0 Å². The van der Waals surface area contributed by atoms with Crippen LogP contribution in [0, 0.1) is 11.8 Å². The van der Waals surface area contributed by atoms with Gasteiger partial charge in [-0.2, -0.15) is 0 Å². The van der Waals surface area contributed by atoms with E-state index >= 15 is 0 Å². The van der Waals surface area contributed by atoms with Gasteiger partial charge in [-0.15, -0.1) is 10.2 Å². The summed E-state index contributed by atoms with van der Waals surface area (Å²) in [6, 6.07) is 0. The van der Waals surface area contributed by atoms with E-state index in [4.69, 9.17) is 5.11 Å². The molecule has 1 aromatic rings. The first kappa shape index (κ1) is 15.0. The molecule has 18 heavy (non-hydrogen) atoms. The predicted molar refractivity (Wildman–Crippen MR) is 68.3 cm³/mol. The lowest BCUT2D eigenvalue weighted by molar-refractivity contribution is -0.133. The highest BCUT2D eigenvalue weighted by Crippen LogP contribution is 2.21. The van der Waals surface area contributed by atoms with Crippen molar-refractivity contribution in [3.63, 3.8) is 0 Å². The van der Waals surface area contributed by atoms with Gasteiger partial charge in [-0.1, -0.05) is 32.5 Å². The number of rotatable bonds is 7.